The van der Waals surface area contributed by atoms with Crippen molar-refractivity contribution in [1.82, 2.24) is 0 Å². The van der Waals surface area contributed by atoms with Gasteiger partial charge in [-0.2, -0.15) is 0 Å². The van der Waals surface area contributed by atoms with Crippen LogP contribution in [0.3, 0.4) is 0 Å². The summed E-state index contributed by atoms with van der Waals surface area (Å²) in [6, 6.07) is 7.37. The van der Waals surface area contributed by atoms with Gasteiger partial charge in [0.05, 0.1) is 0 Å². The van der Waals surface area contributed by atoms with Gasteiger partial charge in [-0.15, -0.1) is 0 Å². The van der Waals surface area contributed by atoms with Gasteiger partial charge < -0.3 is 9.52 Å². The molecule has 0 aliphatic carbocycles. The Labute approximate surface area is 106 Å². The summed E-state index contributed by atoms with van der Waals surface area (Å²) in [5.41, 5.74) is -0.0901. The highest BCUT2D eigenvalue weighted by atomic mass is 35.5. The molecule has 1 atom stereocenters. The molecule has 1 N–H and O–H groups in total. The van der Waals surface area contributed by atoms with Crippen LogP contribution in [0.2, 0.25) is 5.02 Å². The Hall–Kier alpha value is -0.990. The second-order valence-electron chi connectivity index (χ2n) is 4.43. The van der Waals surface area contributed by atoms with E-state index in [4.69, 9.17) is 16.0 Å². The zero-order valence-corrected chi connectivity index (χ0v) is 10.9. The summed E-state index contributed by atoms with van der Waals surface area (Å²) >= 11 is 5.93. The molecule has 2 nitrogen and oxygen atoms in total. The summed E-state index contributed by atoms with van der Waals surface area (Å²) in [4.78, 5) is 0. The molecule has 1 aromatic carbocycles. The summed E-state index contributed by atoms with van der Waals surface area (Å²) in [7, 11) is 0. The zero-order chi connectivity index (χ0) is 12.5. The average Bonchev–Trinajstić information content (AvgIpc) is 2.72. The lowest BCUT2D eigenvalue weighted by atomic mass is 9.92. The van der Waals surface area contributed by atoms with E-state index in [0.717, 1.165) is 17.4 Å². The maximum Gasteiger partial charge on any atom is 0.136 e. The van der Waals surface area contributed by atoms with Gasteiger partial charge in [0.25, 0.3) is 0 Å². The van der Waals surface area contributed by atoms with Crippen molar-refractivity contribution in [3.63, 3.8) is 0 Å². The number of rotatable bonds is 4. The third kappa shape index (κ3) is 2.33. The molecule has 0 spiro atoms. The Kier molecular flexibility index (Phi) is 3.45. The summed E-state index contributed by atoms with van der Waals surface area (Å²) in [5.74, 6) is 0.638. The van der Waals surface area contributed by atoms with Crippen molar-refractivity contribution in [2.45, 2.75) is 38.7 Å². The van der Waals surface area contributed by atoms with E-state index < -0.39 is 5.60 Å². The van der Waals surface area contributed by atoms with Crippen molar-refractivity contribution < 1.29 is 9.52 Å². The van der Waals surface area contributed by atoms with Crippen molar-refractivity contribution in [3.05, 3.63) is 35.0 Å². The van der Waals surface area contributed by atoms with E-state index in [2.05, 4.69) is 6.92 Å². The minimum Gasteiger partial charge on any atom is -0.458 e. The third-order valence-corrected chi connectivity index (χ3v) is 3.42. The molecule has 0 radical (unpaired) electrons. The molecule has 0 saturated heterocycles. The highest BCUT2D eigenvalue weighted by Crippen LogP contribution is 2.34. The van der Waals surface area contributed by atoms with Crippen LogP contribution in [0.15, 0.2) is 28.7 Å². The highest BCUT2D eigenvalue weighted by molar-refractivity contribution is 6.31. The zero-order valence-electron chi connectivity index (χ0n) is 10.2. The Morgan fingerprint density at radius 3 is 2.71 bits per heavy atom. The SMILES string of the molecule is CCCC(O)(CC)c1cc2cc(Cl)ccc2o1. The third-order valence-electron chi connectivity index (χ3n) is 3.19. The minimum absolute atomic E-state index is 0.638. The van der Waals surface area contributed by atoms with Crippen LogP contribution >= 0.6 is 11.6 Å². The molecule has 0 aliphatic heterocycles. The van der Waals surface area contributed by atoms with Gasteiger partial charge in [-0.05, 0) is 37.1 Å². The lowest BCUT2D eigenvalue weighted by molar-refractivity contribution is 0.00296. The summed E-state index contributed by atoms with van der Waals surface area (Å²) in [6.45, 7) is 4.02. The van der Waals surface area contributed by atoms with Crippen LogP contribution in [0.1, 0.15) is 38.9 Å². The normalized spacial score (nSPS) is 15.1. The van der Waals surface area contributed by atoms with Crippen molar-refractivity contribution in [1.29, 1.82) is 0 Å². The van der Waals surface area contributed by atoms with E-state index in [-0.39, 0.29) is 0 Å². The van der Waals surface area contributed by atoms with Crippen molar-refractivity contribution >= 4 is 22.6 Å². The number of hydrogen-bond acceptors (Lipinski definition) is 2. The molecule has 0 fully saturated rings. The Bertz CT molecular complexity index is 518. The summed E-state index contributed by atoms with van der Waals surface area (Å²) in [6.07, 6.45) is 2.27. The van der Waals surface area contributed by atoms with Crippen LogP contribution < -0.4 is 0 Å². The quantitative estimate of drug-likeness (QED) is 0.870. The molecule has 0 aliphatic rings. The number of benzene rings is 1. The molecule has 1 unspecified atom stereocenters. The van der Waals surface area contributed by atoms with Crippen molar-refractivity contribution in [3.8, 4) is 0 Å². The Morgan fingerprint density at radius 1 is 1.29 bits per heavy atom. The van der Waals surface area contributed by atoms with Crippen LogP contribution in [0.25, 0.3) is 11.0 Å². The van der Waals surface area contributed by atoms with Crippen LogP contribution in [0.5, 0.6) is 0 Å². The largest absolute Gasteiger partial charge is 0.458 e. The molecule has 92 valence electrons. The van der Waals surface area contributed by atoms with E-state index >= 15 is 0 Å². The first-order valence-electron chi connectivity index (χ1n) is 6.01. The highest BCUT2D eigenvalue weighted by Gasteiger charge is 2.30. The molecule has 1 aromatic heterocycles. The molecule has 2 aromatic rings. The molecule has 3 heteroatoms. The van der Waals surface area contributed by atoms with E-state index in [0.29, 0.717) is 23.6 Å². The van der Waals surface area contributed by atoms with E-state index in [1.807, 2.05) is 25.1 Å². The van der Waals surface area contributed by atoms with E-state index in [1.165, 1.54) is 0 Å². The second-order valence-corrected chi connectivity index (χ2v) is 4.86. The van der Waals surface area contributed by atoms with Crippen molar-refractivity contribution in [2.24, 2.45) is 0 Å². The van der Waals surface area contributed by atoms with E-state index in [1.54, 1.807) is 6.07 Å². The fourth-order valence-corrected chi connectivity index (χ4v) is 2.31. The standard InChI is InChI=1S/C14H17ClO2/c1-3-7-14(16,4-2)13-9-10-8-11(15)5-6-12(10)17-13/h5-6,8-9,16H,3-4,7H2,1-2H3. The number of fused-ring (bicyclic) bond motifs is 1. The summed E-state index contributed by atoms with van der Waals surface area (Å²) in [5, 5.41) is 12.2. The van der Waals surface area contributed by atoms with Crippen LogP contribution in [0, 0.1) is 0 Å². The molecule has 2 rings (SSSR count). The number of furan rings is 1. The first-order chi connectivity index (χ1) is 8.09. The topological polar surface area (TPSA) is 33.4 Å². The fourth-order valence-electron chi connectivity index (χ4n) is 2.13. The fraction of sp³-hybridized carbons (Fsp3) is 0.429. The predicted octanol–water partition coefficient (Wildman–Crippen LogP) is 4.48. The number of halogens is 1. The van der Waals surface area contributed by atoms with Gasteiger partial charge in [-0.3, -0.25) is 0 Å². The van der Waals surface area contributed by atoms with Gasteiger partial charge in [0.1, 0.15) is 16.9 Å². The molecule has 0 amide bonds. The molecule has 1 heterocycles. The van der Waals surface area contributed by atoms with Gasteiger partial charge in [0.15, 0.2) is 0 Å². The molecule has 0 bridgehead atoms. The molecular formula is C14H17ClO2. The van der Waals surface area contributed by atoms with Gasteiger partial charge in [-0.25, -0.2) is 0 Å². The number of hydrogen-bond donors (Lipinski definition) is 1. The smallest absolute Gasteiger partial charge is 0.136 e. The lowest BCUT2D eigenvalue weighted by Gasteiger charge is -2.23. The first-order valence-corrected chi connectivity index (χ1v) is 6.39. The minimum atomic E-state index is -0.861. The lowest BCUT2D eigenvalue weighted by Crippen LogP contribution is -2.23. The second kappa shape index (κ2) is 4.71. The Morgan fingerprint density at radius 2 is 2.06 bits per heavy atom. The first kappa shape index (κ1) is 12.5. The van der Waals surface area contributed by atoms with Gasteiger partial charge in [0.2, 0.25) is 0 Å². The average molecular weight is 253 g/mol. The maximum absolute atomic E-state index is 10.5. The van der Waals surface area contributed by atoms with Crippen molar-refractivity contribution in [2.75, 3.05) is 0 Å². The van der Waals surface area contributed by atoms with Gasteiger partial charge in [-0.1, -0.05) is 31.9 Å². The monoisotopic (exact) mass is 252 g/mol. The molecule has 17 heavy (non-hydrogen) atoms. The molecule has 0 saturated carbocycles. The van der Waals surface area contributed by atoms with Crippen LogP contribution in [0.4, 0.5) is 0 Å². The molecular weight excluding hydrogens is 236 g/mol. The van der Waals surface area contributed by atoms with Gasteiger partial charge >= 0.3 is 0 Å². The maximum atomic E-state index is 10.5. The predicted molar refractivity (Wildman–Crippen MR) is 70.3 cm³/mol. The van der Waals surface area contributed by atoms with E-state index in [9.17, 15) is 5.11 Å². The summed E-state index contributed by atoms with van der Waals surface area (Å²) < 4.78 is 5.72. The van der Waals surface area contributed by atoms with Crippen LogP contribution in [-0.4, -0.2) is 5.11 Å². The Balaban J connectivity index is 2.48. The number of aliphatic hydroxyl groups is 1. The van der Waals surface area contributed by atoms with Gasteiger partial charge in [0, 0.05) is 10.4 Å². The van der Waals surface area contributed by atoms with Crippen LogP contribution in [-0.2, 0) is 5.60 Å².